The Kier molecular flexibility index (Phi) is 12.7. The SMILES string of the molecule is c1ccc(/C(=C(/c2ccccc2)c2ccc(N(c3ccccc3)c3ccc(-n4ccc5ccccc54)cc3)cc2)c2ccc(N(c3ccccc3)c3ccc(N(c4ccccc4)c4ccccc4)cc3)cc2)cc1. The fourth-order valence-electron chi connectivity index (χ4n) is 10.1. The van der Waals surface area contributed by atoms with Crippen LogP contribution in [0.25, 0.3) is 27.7 Å². The summed E-state index contributed by atoms with van der Waals surface area (Å²) < 4.78 is 2.25. The molecule has 11 aromatic carbocycles. The Morgan fingerprint density at radius 2 is 0.473 bits per heavy atom. The summed E-state index contributed by atoms with van der Waals surface area (Å²) in [4.78, 5) is 6.96. The van der Waals surface area contributed by atoms with Gasteiger partial charge in [-0.25, -0.2) is 0 Å². The normalized spacial score (nSPS) is 11.5. The first-order valence-electron chi connectivity index (χ1n) is 25.2. The molecular formula is C70H52N4. The van der Waals surface area contributed by atoms with E-state index < -0.39 is 0 Å². The summed E-state index contributed by atoms with van der Waals surface area (Å²) in [7, 11) is 0. The number of rotatable bonds is 14. The zero-order chi connectivity index (χ0) is 49.5. The lowest BCUT2D eigenvalue weighted by Crippen LogP contribution is -2.12. The highest BCUT2D eigenvalue weighted by Gasteiger charge is 2.21. The van der Waals surface area contributed by atoms with Crippen molar-refractivity contribution in [3.63, 3.8) is 0 Å². The third kappa shape index (κ3) is 9.27. The average molecular weight is 949 g/mol. The second kappa shape index (κ2) is 20.8. The predicted octanol–water partition coefficient (Wildman–Crippen LogP) is 19.0. The standard InChI is InChI=1S/C70H52N4/c1-7-22-54(23-8-1)69(56-35-39-63(40-36-56)73(61-30-15-5-16-31-61)65-45-43-58(44-46-65)71-52-51-53-21-19-20-34-68(53)71)70(55-24-9-2-10-25-55)57-37-41-64(42-38-57)74(62-32-17-6-18-33-62)67-49-47-66(48-50-67)72(59-26-11-3-12-27-59)60-28-13-4-14-29-60/h1-52H/b70-69+. The van der Waals surface area contributed by atoms with Gasteiger partial charge in [0.25, 0.3) is 0 Å². The van der Waals surface area contributed by atoms with Crippen molar-refractivity contribution in [3.05, 3.63) is 338 Å². The second-order valence-electron chi connectivity index (χ2n) is 18.2. The molecule has 0 spiro atoms. The molecule has 0 saturated heterocycles. The first kappa shape index (κ1) is 45.3. The van der Waals surface area contributed by atoms with Crippen LogP contribution >= 0.6 is 0 Å². The molecule has 1 heterocycles. The van der Waals surface area contributed by atoms with Crippen molar-refractivity contribution in [1.82, 2.24) is 4.57 Å². The van der Waals surface area contributed by atoms with Gasteiger partial charge in [0.15, 0.2) is 0 Å². The summed E-state index contributed by atoms with van der Waals surface area (Å²) in [6.45, 7) is 0. The van der Waals surface area contributed by atoms with Crippen molar-refractivity contribution in [2.24, 2.45) is 0 Å². The van der Waals surface area contributed by atoms with Crippen molar-refractivity contribution >= 4 is 73.2 Å². The molecule has 74 heavy (non-hydrogen) atoms. The molecule has 0 aliphatic carbocycles. The van der Waals surface area contributed by atoms with E-state index in [0.717, 1.165) is 90.3 Å². The van der Waals surface area contributed by atoms with E-state index in [2.05, 4.69) is 335 Å². The Labute approximate surface area is 433 Å². The van der Waals surface area contributed by atoms with Crippen LogP contribution in [0.5, 0.6) is 0 Å². The van der Waals surface area contributed by atoms with Gasteiger partial charge in [0, 0.05) is 63.1 Å². The average Bonchev–Trinajstić information content (AvgIpc) is 3.92. The van der Waals surface area contributed by atoms with Crippen LogP contribution in [-0.4, -0.2) is 4.57 Å². The highest BCUT2D eigenvalue weighted by molar-refractivity contribution is 6.05. The monoisotopic (exact) mass is 948 g/mol. The number of hydrogen-bond donors (Lipinski definition) is 0. The zero-order valence-corrected chi connectivity index (χ0v) is 40.8. The first-order valence-corrected chi connectivity index (χ1v) is 25.2. The van der Waals surface area contributed by atoms with E-state index in [9.17, 15) is 0 Å². The van der Waals surface area contributed by atoms with Crippen molar-refractivity contribution in [2.75, 3.05) is 14.7 Å². The van der Waals surface area contributed by atoms with Crippen LogP contribution in [0.1, 0.15) is 22.3 Å². The van der Waals surface area contributed by atoms with Gasteiger partial charge < -0.3 is 19.3 Å². The van der Waals surface area contributed by atoms with Gasteiger partial charge >= 0.3 is 0 Å². The zero-order valence-electron chi connectivity index (χ0n) is 40.8. The Balaban J connectivity index is 0.932. The van der Waals surface area contributed by atoms with Crippen LogP contribution < -0.4 is 14.7 Å². The molecule has 0 saturated carbocycles. The fourth-order valence-corrected chi connectivity index (χ4v) is 10.1. The second-order valence-corrected chi connectivity index (χ2v) is 18.2. The molecule has 12 rings (SSSR count). The van der Waals surface area contributed by atoms with Crippen molar-refractivity contribution in [2.45, 2.75) is 0 Å². The summed E-state index contributed by atoms with van der Waals surface area (Å²) in [6, 6.07) is 111. The molecule has 0 aliphatic heterocycles. The number of nitrogens with zero attached hydrogens (tertiary/aromatic N) is 4. The lowest BCUT2D eigenvalue weighted by molar-refractivity contribution is 1.12. The molecule has 4 heteroatoms. The highest BCUT2D eigenvalue weighted by atomic mass is 15.2. The summed E-state index contributed by atoms with van der Waals surface area (Å²) in [5, 5.41) is 1.22. The number of aromatic nitrogens is 1. The summed E-state index contributed by atoms with van der Waals surface area (Å²) in [6.07, 6.45) is 2.15. The largest absolute Gasteiger partial charge is 0.317 e. The van der Waals surface area contributed by atoms with Crippen LogP contribution in [0.4, 0.5) is 51.2 Å². The molecule has 352 valence electrons. The topological polar surface area (TPSA) is 14.7 Å². The van der Waals surface area contributed by atoms with Crippen LogP contribution in [0, 0.1) is 0 Å². The lowest BCUT2D eigenvalue weighted by Gasteiger charge is -2.28. The van der Waals surface area contributed by atoms with Gasteiger partial charge in [-0.2, -0.15) is 0 Å². The maximum Gasteiger partial charge on any atom is 0.0528 e. The molecule has 0 N–H and O–H groups in total. The summed E-state index contributed by atoms with van der Waals surface area (Å²) in [5.41, 5.74) is 18.9. The molecule has 0 atom stereocenters. The Morgan fingerprint density at radius 3 is 0.824 bits per heavy atom. The van der Waals surface area contributed by atoms with E-state index in [1.54, 1.807) is 0 Å². The van der Waals surface area contributed by atoms with Gasteiger partial charge in [-0.1, -0.05) is 176 Å². The molecule has 0 unspecified atom stereocenters. The number of para-hydroxylation sites is 5. The van der Waals surface area contributed by atoms with Gasteiger partial charge in [0.05, 0.1) is 5.52 Å². The first-order chi connectivity index (χ1) is 36.7. The van der Waals surface area contributed by atoms with Crippen LogP contribution in [0.2, 0.25) is 0 Å². The molecule has 0 bridgehead atoms. The van der Waals surface area contributed by atoms with Crippen LogP contribution in [0.3, 0.4) is 0 Å². The maximum absolute atomic E-state index is 2.33. The van der Waals surface area contributed by atoms with E-state index in [1.807, 2.05) is 0 Å². The molecule has 0 fully saturated rings. The molecule has 0 radical (unpaired) electrons. The third-order valence-electron chi connectivity index (χ3n) is 13.6. The molecule has 1 aromatic heterocycles. The van der Waals surface area contributed by atoms with Gasteiger partial charge in [-0.15, -0.1) is 0 Å². The predicted molar refractivity (Wildman–Crippen MR) is 312 cm³/mol. The van der Waals surface area contributed by atoms with E-state index >= 15 is 0 Å². The Bertz CT molecular complexity index is 3730. The summed E-state index contributed by atoms with van der Waals surface area (Å²) >= 11 is 0. The number of benzene rings is 11. The van der Waals surface area contributed by atoms with Gasteiger partial charge in [-0.3, -0.25) is 0 Å². The van der Waals surface area contributed by atoms with Gasteiger partial charge in [0.2, 0.25) is 0 Å². The number of anilines is 9. The summed E-state index contributed by atoms with van der Waals surface area (Å²) in [5.74, 6) is 0. The van der Waals surface area contributed by atoms with Gasteiger partial charge in [-0.05, 0) is 172 Å². The Hall–Kier alpha value is -9.90. The van der Waals surface area contributed by atoms with Crippen molar-refractivity contribution in [3.8, 4) is 5.69 Å². The maximum atomic E-state index is 2.33. The van der Waals surface area contributed by atoms with Crippen molar-refractivity contribution < 1.29 is 0 Å². The third-order valence-corrected chi connectivity index (χ3v) is 13.6. The van der Waals surface area contributed by atoms with E-state index in [1.165, 1.54) is 10.9 Å². The van der Waals surface area contributed by atoms with E-state index in [4.69, 9.17) is 0 Å². The quantitative estimate of drug-likeness (QED) is 0.101. The van der Waals surface area contributed by atoms with E-state index in [-0.39, 0.29) is 0 Å². The van der Waals surface area contributed by atoms with E-state index in [0.29, 0.717) is 0 Å². The minimum atomic E-state index is 1.06. The van der Waals surface area contributed by atoms with Crippen molar-refractivity contribution in [1.29, 1.82) is 0 Å². The lowest BCUT2D eigenvalue weighted by atomic mass is 9.85. The minimum Gasteiger partial charge on any atom is -0.317 e. The van der Waals surface area contributed by atoms with Crippen LogP contribution in [-0.2, 0) is 0 Å². The molecule has 0 aliphatic rings. The molecular weight excluding hydrogens is 897 g/mol. The number of hydrogen-bond acceptors (Lipinski definition) is 3. The highest BCUT2D eigenvalue weighted by Crippen LogP contribution is 2.43. The smallest absolute Gasteiger partial charge is 0.0528 e. The van der Waals surface area contributed by atoms with Crippen LogP contribution in [0.15, 0.2) is 316 Å². The van der Waals surface area contributed by atoms with Gasteiger partial charge in [0.1, 0.15) is 0 Å². The molecule has 0 amide bonds. The Morgan fingerprint density at radius 1 is 0.216 bits per heavy atom. The minimum absolute atomic E-state index is 1.06. The molecule has 12 aromatic rings. The molecule has 4 nitrogen and oxygen atoms in total. The number of fused-ring (bicyclic) bond motifs is 1. The fraction of sp³-hybridized carbons (Fsp3) is 0.